The lowest BCUT2D eigenvalue weighted by atomic mass is 10.2. The fourth-order valence-corrected chi connectivity index (χ4v) is 1.86. The van der Waals surface area contributed by atoms with Crippen LogP contribution in [0.25, 0.3) is 0 Å². The zero-order valence-corrected chi connectivity index (χ0v) is 10.3. The van der Waals surface area contributed by atoms with E-state index in [2.05, 4.69) is 15.9 Å². The van der Waals surface area contributed by atoms with Gasteiger partial charge in [-0.3, -0.25) is 0 Å². The van der Waals surface area contributed by atoms with Gasteiger partial charge >= 0.3 is 0 Å². The molecule has 0 saturated carbocycles. The summed E-state index contributed by atoms with van der Waals surface area (Å²) in [4.78, 5) is 2.05. The zero-order valence-electron chi connectivity index (χ0n) is 7.93. The summed E-state index contributed by atoms with van der Waals surface area (Å²) in [6, 6.07) is 5.05. The summed E-state index contributed by atoms with van der Waals surface area (Å²) in [5, 5.41) is 0. The average molecular weight is 281 g/mol. The van der Waals surface area contributed by atoms with Crippen molar-refractivity contribution in [2.24, 2.45) is 0 Å². The predicted molar refractivity (Wildman–Crippen MR) is 61.2 cm³/mol. The molecule has 78 valence electrons. The average Bonchev–Trinajstić information content (AvgIpc) is 2.13. The minimum atomic E-state index is -0.221. The van der Waals surface area contributed by atoms with Crippen LogP contribution < -0.4 is 0 Å². The summed E-state index contributed by atoms with van der Waals surface area (Å²) in [6.07, 6.45) is 0. The molecule has 0 unspecified atom stereocenters. The number of halogens is 3. The van der Waals surface area contributed by atoms with E-state index in [0.717, 1.165) is 12.1 Å². The van der Waals surface area contributed by atoms with Gasteiger partial charge in [-0.25, -0.2) is 4.39 Å². The molecule has 4 heteroatoms. The number of rotatable bonds is 4. The third-order valence-electron chi connectivity index (χ3n) is 1.94. The first kappa shape index (κ1) is 12.0. The fourth-order valence-electron chi connectivity index (χ4n) is 1.18. The van der Waals surface area contributed by atoms with Crippen LogP contribution in [0.3, 0.4) is 0 Å². The molecule has 0 aromatic heterocycles. The maximum Gasteiger partial charge on any atom is 0.137 e. The molecule has 1 rings (SSSR count). The van der Waals surface area contributed by atoms with Crippen LogP contribution in [0.15, 0.2) is 22.7 Å². The molecule has 0 radical (unpaired) electrons. The quantitative estimate of drug-likeness (QED) is 0.765. The van der Waals surface area contributed by atoms with Crippen LogP contribution >= 0.6 is 27.5 Å². The predicted octanol–water partition coefficient (Wildman–Crippen LogP) is 3.26. The van der Waals surface area contributed by atoms with E-state index in [-0.39, 0.29) is 5.82 Å². The number of hydrogen-bond acceptors (Lipinski definition) is 1. The van der Waals surface area contributed by atoms with Crippen LogP contribution in [0.1, 0.15) is 5.56 Å². The van der Waals surface area contributed by atoms with E-state index >= 15 is 0 Å². The van der Waals surface area contributed by atoms with E-state index < -0.39 is 0 Å². The highest BCUT2D eigenvalue weighted by Gasteiger charge is 2.06. The monoisotopic (exact) mass is 279 g/mol. The first-order chi connectivity index (χ1) is 6.65. The van der Waals surface area contributed by atoms with Gasteiger partial charge < -0.3 is 4.90 Å². The molecule has 0 fully saturated rings. The summed E-state index contributed by atoms with van der Waals surface area (Å²) in [7, 11) is 1.96. The van der Waals surface area contributed by atoms with E-state index in [1.165, 1.54) is 6.07 Å². The van der Waals surface area contributed by atoms with Crippen LogP contribution in [-0.2, 0) is 6.54 Å². The summed E-state index contributed by atoms with van der Waals surface area (Å²) in [5.41, 5.74) is 0.942. The maximum absolute atomic E-state index is 13.1. The first-order valence-electron chi connectivity index (χ1n) is 4.32. The molecule has 0 amide bonds. The van der Waals surface area contributed by atoms with Crippen molar-refractivity contribution in [3.63, 3.8) is 0 Å². The van der Waals surface area contributed by atoms with Gasteiger partial charge in [0.1, 0.15) is 5.82 Å². The standard InChI is InChI=1S/C10H12BrClFN/c1-14(6-5-12)7-8-3-2-4-9(13)10(8)11/h2-4H,5-7H2,1H3. The van der Waals surface area contributed by atoms with E-state index in [4.69, 9.17) is 11.6 Å². The van der Waals surface area contributed by atoms with Crippen LogP contribution in [0.4, 0.5) is 4.39 Å². The minimum Gasteiger partial charge on any atom is -0.301 e. The van der Waals surface area contributed by atoms with Crippen LogP contribution in [-0.4, -0.2) is 24.4 Å². The number of benzene rings is 1. The molecule has 0 spiro atoms. The van der Waals surface area contributed by atoms with Gasteiger partial charge in [0, 0.05) is 19.0 Å². The van der Waals surface area contributed by atoms with Crippen LogP contribution in [0.2, 0.25) is 0 Å². The van der Waals surface area contributed by atoms with Gasteiger partial charge in [-0.05, 0) is 34.6 Å². The largest absolute Gasteiger partial charge is 0.301 e. The van der Waals surface area contributed by atoms with E-state index in [0.29, 0.717) is 16.9 Å². The molecular formula is C10H12BrClFN. The van der Waals surface area contributed by atoms with E-state index in [9.17, 15) is 4.39 Å². The molecule has 0 N–H and O–H groups in total. The summed E-state index contributed by atoms with van der Waals surface area (Å²) in [5.74, 6) is 0.366. The second-order valence-electron chi connectivity index (χ2n) is 3.14. The van der Waals surface area contributed by atoms with Gasteiger partial charge in [-0.2, -0.15) is 0 Å². The number of alkyl halides is 1. The van der Waals surface area contributed by atoms with Gasteiger partial charge in [-0.1, -0.05) is 12.1 Å². The van der Waals surface area contributed by atoms with Crippen LogP contribution in [0.5, 0.6) is 0 Å². The zero-order chi connectivity index (χ0) is 10.6. The van der Waals surface area contributed by atoms with Crippen molar-refractivity contribution in [3.05, 3.63) is 34.1 Å². The Morgan fingerprint density at radius 3 is 2.86 bits per heavy atom. The third-order valence-corrected chi connectivity index (χ3v) is 3.00. The number of nitrogens with zero attached hydrogens (tertiary/aromatic N) is 1. The maximum atomic E-state index is 13.1. The summed E-state index contributed by atoms with van der Waals surface area (Å²) >= 11 is 8.83. The second-order valence-corrected chi connectivity index (χ2v) is 4.31. The van der Waals surface area contributed by atoms with Crippen molar-refractivity contribution in [1.29, 1.82) is 0 Å². The molecule has 1 nitrogen and oxygen atoms in total. The molecule has 0 aliphatic carbocycles. The smallest absolute Gasteiger partial charge is 0.137 e. The fraction of sp³-hybridized carbons (Fsp3) is 0.400. The Morgan fingerprint density at radius 2 is 2.21 bits per heavy atom. The lowest BCUT2D eigenvalue weighted by molar-refractivity contribution is 0.346. The normalized spacial score (nSPS) is 10.9. The third kappa shape index (κ3) is 3.23. The van der Waals surface area contributed by atoms with Gasteiger partial charge in [-0.15, -0.1) is 11.6 Å². The Hall–Kier alpha value is -0.120. The molecule has 14 heavy (non-hydrogen) atoms. The molecular weight excluding hydrogens is 268 g/mol. The first-order valence-corrected chi connectivity index (χ1v) is 5.65. The van der Waals surface area contributed by atoms with Gasteiger partial charge in [0.25, 0.3) is 0 Å². The molecule has 0 saturated heterocycles. The lowest BCUT2D eigenvalue weighted by Crippen LogP contribution is -2.20. The SMILES string of the molecule is CN(CCCl)Cc1cccc(F)c1Br. The van der Waals surface area contributed by atoms with Crippen molar-refractivity contribution in [2.45, 2.75) is 6.54 Å². The molecule has 0 atom stereocenters. The highest BCUT2D eigenvalue weighted by atomic mass is 79.9. The molecule has 1 aromatic rings. The highest BCUT2D eigenvalue weighted by molar-refractivity contribution is 9.10. The van der Waals surface area contributed by atoms with Gasteiger partial charge in [0.2, 0.25) is 0 Å². The van der Waals surface area contributed by atoms with Crippen molar-refractivity contribution in [2.75, 3.05) is 19.5 Å². The number of hydrogen-bond donors (Lipinski definition) is 0. The van der Waals surface area contributed by atoms with E-state index in [1.807, 2.05) is 18.0 Å². The Bertz CT molecular complexity index is 306. The summed E-state index contributed by atoms with van der Waals surface area (Å²) in [6.45, 7) is 1.50. The second kappa shape index (κ2) is 5.69. The van der Waals surface area contributed by atoms with Crippen molar-refractivity contribution < 1.29 is 4.39 Å². The Morgan fingerprint density at radius 1 is 1.50 bits per heavy atom. The van der Waals surface area contributed by atoms with Gasteiger partial charge in [0.05, 0.1) is 4.47 Å². The molecule has 1 aromatic carbocycles. The molecule has 0 heterocycles. The van der Waals surface area contributed by atoms with E-state index in [1.54, 1.807) is 6.07 Å². The minimum absolute atomic E-state index is 0.221. The Kier molecular flexibility index (Phi) is 4.85. The van der Waals surface area contributed by atoms with Crippen molar-refractivity contribution in [3.8, 4) is 0 Å². The van der Waals surface area contributed by atoms with Crippen molar-refractivity contribution >= 4 is 27.5 Å². The summed E-state index contributed by atoms with van der Waals surface area (Å²) < 4.78 is 13.7. The molecule has 0 aliphatic heterocycles. The van der Waals surface area contributed by atoms with Crippen LogP contribution in [0, 0.1) is 5.82 Å². The lowest BCUT2D eigenvalue weighted by Gasteiger charge is -2.15. The highest BCUT2D eigenvalue weighted by Crippen LogP contribution is 2.21. The molecule has 0 bridgehead atoms. The Balaban J connectivity index is 2.71. The Labute approximate surface area is 97.0 Å². The topological polar surface area (TPSA) is 3.24 Å². The van der Waals surface area contributed by atoms with Gasteiger partial charge in [0.15, 0.2) is 0 Å². The molecule has 0 aliphatic rings. The van der Waals surface area contributed by atoms with Crippen molar-refractivity contribution in [1.82, 2.24) is 4.90 Å².